The maximum atomic E-state index is 12.8. The lowest BCUT2D eigenvalue weighted by Gasteiger charge is -2.15. The van der Waals surface area contributed by atoms with E-state index in [2.05, 4.69) is 40.7 Å². The van der Waals surface area contributed by atoms with Crippen molar-refractivity contribution in [1.29, 1.82) is 0 Å². The van der Waals surface area contributed by atoms with Gasteiger partial charge in [0.05, 0.1) is 0 Å². The molecule has 0 aliphatic heterocycles. The summed E-state index contributed by atoms with van der Waals surface area (Å²) in [5, 5.41) is 0. The number of hydrogen-bond acceptors (Lipinski definition) is 1. The molecule has 0 amide bonds. The molecule has 0 aliphatic carbocycles. The zero-order valence-corrected chi connectivity index (χ0v) is 18.2. The van der Waals surface area contributed by atoms with E-state index in [-0.39, 0.29) is 5.78 Å². The first kappa shape index (κ1) is 22.9. The molecule has 0 saturated carbocycles. The second-order valence-electron chi connectivity index (χ2n) is 8.35. The number of allylic oxidation sites excluding steroid dienone is 2. The summed E-state index contributed by atoms with van der Waals surface area (Å²) < 4.78 is 0. The third-order valence-corrected chi connectivity index (χ3v) is 4.36. The van der Waals surface area contributed by atoms with Crippen molar-refractivity contribution in [2.24, 2.45) is 5.41 Å². The number of ketones is 1. The van der Waals surface area contributed by atoms with Gasteiger partial charge in [0.1, 0.15) is 0 Å². The maximum Gasteiger partial charge on any atom is 0.193 e. The molecule has 146 valence electrons. The predicted octanol–water partition coefficient (Wildman–Crippen LogP) is 7.81. The van der Waals surface area contributed by atoms with Gasteiger partial charge in [-0.1, -0.05) is 101 Å². The molecule has 0 atom stereocenters. The number of carbonyl (C=O) groups is 1. The van der Waals surface area contributed by atoms with Gasteiger partial charge in [-0.2, -0.15) is 0 Å². The van der Waals surface area contributed by atoms with Gasteiger partial charge in [-0.05, 0) is 43.2 Å². The Hall–Kier alpha value is -2.15. The Morgan fingerprint density at radius 1 is 0.963 bits per heavy atom. The molecule has 0 unspecified atom stereocenters. The Labute approximate surface area is 166 Å². The molecular weight excluding hydrogens is 328 g/mol. The Kier molecular flexibility index (Phi) is 9.21. The summed E-state index contributed by atoms with van der Waals surface area (Å²) in [6.07, 6.45) is 5.51. The summed E-state index contributed by atoms with van der Waals surface area (Å²) in [6.45, 7) is 15.1. The van der Waals surface area contributed by atoms with Crippen LogP contribution < -0.4 is 0 Å². The minimum absolute atomic E-state index is 0.107. The van der Waals surface area contributed by atoms with Crippen molar-refractivity contribution in [3.05, 3.63) is 76.9 Å². The van der Waals surface area contributed by atoms with Crippen LogP contribution in [0.1, 0.15) is 80.9 Å². The van der Waals surface area contributed by atoms with Crippen molar-refractivity contribution in [3.63, 3.8) is 0 Å². The molecule has 0 spiro atoms. The normalized spacial score (nSPS) is 11.6. The molecule has 0 fully saturated rings. The average molecular weight is 365 g/mol. The zero-order chi connectivity index (χ0) is 20.4. The van der Waals surface area contributed by atoms with Crippen LogP contribution in [0, 0.1) is 19.3 Å². The molecule has 0 aliphatic rings. The fourth-order valence-electron chi connectivity index (χ4n) is 3.13. The van der Waals surface area contributed by atoms with E-state index in [9.17, 15) is 4.79 Å². The number of aryl methyl sites for hydroxylation is 2. The van der Waals surface area contributed by atoms with E-state index in [1.807, 2.05) is 62.4 Å². The van der Waals surface area contributed by atoms with Gasteiger partial charge in [0, 0.05) is 11.1 Å². The highest BCUT2D eigenvalue weighted by atomic mass is 16.1. The smallest absolute Gasteiger partial charge is 0.193 e. The van der Waals surface area contributed by atoms with Gasteiger partial charge in [0.25, 0.3) is 0 Å². The molecule has 0 bridgehead atoms. The summed E-state index contributed by atoms with van der Waals surface area (Å²) in [4.78, 5) is 12.8. The van der Waals surface area contributed by atoms with Gasteiger partial charge in [-0.3, -0.25) is 4.79 Å². The molecular formula is C26H36O. The highest BCUT2D eigenvalue weighted by Crippen LogP contribution is 2.23. The minimum atomic E-state index is 0.107. The summed E-state index contributed by atoms with van der Waals surface area (Å²) >= 11 is 0. The third-order valence-electron chi connectivity index (χ3n) is 4.36. The van der Waals surface area contributed by atoms with Gasteiger partial charge in [0.2, 0.25) is 0 Å². The second kappa shape index (κ2) is 10.9. The van der Waals surface area contributed by atoms with Crippen molar-refractivity contribution < 1.29 is 4.79 Å². The van der Waals surface area contributed by atoms with Crippen LogP contribution in [-0.4, -0.2) is 5.78 Å². The van der Waals surface area contributed by atoms with Crippen LogP contribution in [0.25, 0.3) is 5.57 Å². The Bertz CT molecular complexity index is 746. The molecule has 0 saturated heterocycles. The number of carbonyl (C=O) groups excluding carboxylic acids is 1. The molecule has 0 radical (unpaired) electrons. The highest BCUT2D eigenvalue weighted by Gasteiger charge is 2.15. The Morgan fingerprint density at radius 2 is 1.59 bits per heavy atom. The summed E-state index contributed by atoms with van der Waals surface area (Å²) in [7, 11) is 0. The van der Waals surface area contributed by atoms with Gasteiger partial charge in [0.15, 0.2) is 5.78 Å². The van der Waals surface area contributed by atoms with E-state index in [1.165, 1.54) is 18.4 Å². The van der Waals surface area contributed by atoms with Crippen molar-refractivity contribution in [3.8, 4) is 0 Å². The van der Waals surface area contributed by atoms with E-state index in [1.54, 1.807) is 0 Å². The SMILES string of the molecule is CC/C=C(\C(=O)c1ccc(C)cc1C)c1ccccc1.CCCC(C)(C)C. The second-order valence-corrected chi connectivity index (χ2v) is 8.35. The van der Waals surface area contributed by atoms with E-state index < -0.39 is 0 Å². The first-order valence-electron chi connectivity index (χ1n) is 10.1. The van der Waals surface area contributed by atoms with E-state index >= 15 is 0 Å². The monoisotopic (exact) mass is 364 g/mol. The van der Waals surface area contributed by atoms with Crippen LogP contribution in [0.5, 0.6) is 0 Å². The van der Waals surface area contributed by atoms with E-state index in [0.29, 0.717) is 5.41 Å². The summed E-state index contributed by atoms with van der Waals surface area (Å²) in [6, 6.07) is 15.9. The van der Waals surface area contributed by atoms with Crippen LogP contribution in [0.15, 0.2) is 54.6 Å². The van der Waals surface area contributed by atoms with E-state index in [4.69, 9.17) is 0 Å². The minimum Gasteiger partial charge on any atom is -0.289 e. The van der Waals surface area contributed by atoms with Crippen molar-refractivity contribution >= 4 is 11.4 Å². The fourth-order valence-corrected chi connectivity index (χ4v) is 3.13. The molecule has 0 heterocycles. The first-order valence-corrected chi connectivity index (χ1v) is 10.1. The van der Waals surface area contributed by atoms with Crippen molar-refractivity contribution in [1.82, 2.24) is 0 Å². The van der Waals surface area contributed by atoms with Crippen LogP contribution in [0.4, 0.5) is 0 Å². The topological polar surface area (TPSA) is 17.1 Å². The van der Waals surface area contributed by atoms with E-state index in [0.717, 1.165) is 28.7 Å². The lowest BCUT2D eigenvalue weighted by Crippen LogP contribution is -2.05. The van der Waals surface area contributed by atoms with Crippen LogP contribution in [0.2, 0.25) is 0 Å². The Morgan fingerprint density at radius 3 is 2.04 bits per heavy atom. The standard InChI is InChI=1S/C19H20O.C7H16/c1-4-8-18(16-9-6-5-7-10-16)19(20)17-12-11-14(2)13-15(17)3;1-5-6-7(2,3)4/h5-13H,4H2,1-3H3;5-6H2,1-4H3/b18-8-;. The Balaban J connectivity index is 0.000000445. The molecule has 1 nitrogen and oxygen atoms in total. The molecule has 1 heteroatoms. The molecule has 27 heavy (non-hydrogen) atoms. The quantitative estimate of drug-likeness (QED) is 0.390. The van der Waals surface area contributed by atoms with Crippen LogP contribution in [-0.2, 0) is 0 Å². The average Bonchev–Trinajstić information content (AvgIpc) is 2.59. The number of hydrogen-bond donors (Lipinski definition) is 0. The van der Waals surface area contributed by atoms with Gasteiger partial charge in [-0.25, -0.2) is 0 Å². The van der Waals surface area contributed by atoms with Crippen LogP contribution >= 0.6 is 0 Å². The van der Waals surface area contributed by atoms with Crippen molar-refractivity contribution in [2.75, 3.05) is 0 Å². The first-order chi connectivity index (χ1) is 12.7. The summed E-state index contributed by atoms with van der Waals surface area (Å²) in [5.41, 5.74) is 5.33. The lowest BCUT2D eigenvalue weighted by atomic mass is 9.91. The summed E-state index contributed by atoms with van der Waals surface area (Å²) in [5.74, 6) is 0.107. The lowest BCUT2D eigenvalue weighted by molar-refractivity contribution is 0.105. The largest absolute Gasteiger partial charge is 0.289 e. The van der Waals surface area contributed by atoms with Gasteiger partial charge < -0.3 is 0 Å². The molecule has 2 rings (SSSR count). The number of Topliss-reactive ketones (excluding diaryl/α,β-unsaturated/α-hetero) is 1. The number of rotatable bonds is 5. The predicted molar refractivity (Wildman–Crippen MR) is 119 cm³/mol. The maximum absolute atomic E-state index is 12.8. The van der Waals surface area contributed by atoms with Gasteiger partial charge in [-0.15, -0.1) is 0 Å². The van der Waals surface area contributed by atoms with Crippen LogP contribution in [0.3, 0.4) is 0 Å². The molecule has 0 aromatic heterocycles. The van der Waals surface area contributed by atoms with Crippen molar-refractivity contribution in [2.45, 2.75) is 67.7 Å². The third kappa shape index (κ3) is 7.95. The van der Waals surface area contributed by atoms with Gasteiger partial charge >= 0.3 is 0 Å². The number of benzene rings is 2. The zero-order valence-electron chi connectivity index (χ0n) is 18.2. The molecule has 0 N–H and O–H groups in total. The molecule has 2 aromatic rings. The fraction of sp³-hybridized carbons (Fsp3) is 0.423. The highest BCUT2D eigenvalue weighted by molar-refractivity contribution is 6.29. The molecule has 2 aromatic carbocycles.